The molecule has 0 fully saturated rings. The Hall–Kier alpha value is -2.13. The average Bonchev–Trinajstić information content (AvgIpc) is 2.48. The molecule has 0 amide bonds. The van der Waals surface area contributed by atoms with Crippen molar-refractivity contribution < 1.29 is 9.63 Å². The molecule has 0 aliphatic heterocycles. The summed E-state index contributed by atoms with van der Waals surface area (Å²) in [6, 6.07) is 18.1. The molecule has 0 spiro atoms. The van der Waals surface area contributed by atoms with Gasteiger partial charge in [-0.2, -0.15) is 5.48 Å². The molecule has 0 aliphatic rings. The highest BCUT2D eigenvalue weighted by molar-refractivity contribution is 5.77. The lowest BCUT2D eigenvalue weighted by Gasteiger charge is -2.11. The molecular weight excluding hydrogens is 238 g/mol. The molecule has 0 aromatic heterocycles. The van der Waals surface area contributed by atoms with Crippen LogP contribution in [0.2, 0.25) is 0 Å². The summed E-state index contributed by atoms with van der Waals surface area (Å²) in [6.07, 6.45) is 0. The monoisotopic (exact) mass is 255 g/mol. The zero-order valence-electron chi connectivity index (χ0n) is 11.1. The Morgan fingerprint density at radius 1 is 1.00 bits per heavy atom. The molecule has 2 aromatic rings. The maximum atomic E-state index is 11.6. The Morgan fingerprint density at radius 3 is 2.16 bits per heavy atom. The highest BCUT2D eigenvalue weighted by atomic mass is 16.7. The normalized spacial score (nSPS) is 11.9. The van der Waals surface area contributed by atoms with E-state index in [9.17, 15) is 4.79 Å². The number of benzene rings is 2. The van der Waals surface area contributed by atoms with E-state index in [1.165, 1.54) is 5.56 Å². The van der Waals surface area contributed by atoms with E-state index in [4.69, 9.17) is 4.84 Å². The number of hydroxylamine groups is 1. The summed E-state index contributed by atoms with van der Waals surface area (Å²) in [5, 5.41) is 0. The van der Waals surface area contributed by atoms with Crippen LogP contribution in [-0.2, 0) is 9.63 Å². The minimum absolute atomic E-state index is 0.280. The van der Waals surface area contributed by atoms with Crippen molar-refractivity contribution in [1.29, 1.82) is 0 Å². The van der Waals surface area contributed by atoms with Gasteiger partial charge in [0, 0.05) is 7.05 Å². The summed E-state index contributed by atoms with van der Waals surface area (Å²) in [5.41, 5.74) is 5.65. The zero-order valence-corrected chi connectivity index (χ0v) is 11.1. The quantitative estimate of drug-likeness (QED) is 0.853. The van der Waals surface area contributed by atoms with Gasteiger partial charge in [0.1, 0.15) is 0 Å². The van der Waals surface area contributed by atoms with Gasteiger partial charge in [0.05, 0.1) is 5.92 Å². The number of carbonyl (C=O) groups excluding carboxylic acids is 1. The summed E-state index contributed by atoms with van der Waals surface area (Å²) in [7, 11) is 1.57. The Bertz CT molecular complexity index is 534. The molecule has 0 saturated heterocycles. The Morgan fingerprint density at radius 2 is 1.58 bits per heavy atom. The van der Waals surface area contributed by atoms with E-state index in [1.807, 2.05) is 49.4 Å². The molecule has 3 heteroatoms. The van der Waals surface area contributed by atoms with E-state index < -0.39 is 0 Å². The first-order chi connectivity index (χ1) is 9.22. The van der Waals surface area contributed by atoms with Crippen molar-refractivity contribution >= 4 is 5.97 Å². The fourth-order valence-electron chi connectivity index (χ4n) is 1.92. The van der Waals surface area contributed by atoms with Crippen LogP contribution >= 0.6 is 0 Å². The summed E-state index contributed by atoms with van der Waals surface area (Å²) >= 11 is 0. The second kappa shape index (κ2) is 6.16. The van der Waals surface area contributed by atoms with E-state index in [1.54, 1.807) is 7.05 Å². The molecule has 1 unspecified atom stereocenters. The molecule has 98 valence electrons. The molecule has 1 atom stereocenters. The number of hydrogen-bond donors (Lipinski definition) is 1. The Balaban J connectivity index is 2.17. The maximum Gasteiger partial charge on any atom is 0.331 e. The third kappa shape index (κ3) is 3.20. The van der Waals surface area contributed by atoms with Crippen molar-refractivity contribution in [2.45, 2.75) is 12.8 Å². The van der Waals surface area contributed by atoms with Crippen molar-refractivity contribution in [3.8, 4) is 11.1 Å². The van der Waals surface area contributed by atoms with Gasteiger partial charge in [-0.15, -0.1) is 0 Å². The van der Waals surface area contributed by atoms with Crippen LogP contribution in [-0.4, -0.2) is 13.0 Å². The molecule has 19 heavy (non-hydrogen) atoms. The van der Waals surface area contributed by atoms with Gasteiger partial charge in [0.15, 0.2) is 0 Å². The van der Waals surface area contributed by atoms with E-state index >= 15 is 0 Å². The second-order valence-electron chi connectivity index (χ2n) is 4.33. The van der Waals surface area contributed by atoms with Gasteiger partial charge >= 0.3 is 5.97 Å². The SMILES string of the molecule is CNOC(=O)C(C)c1ccc(-c2ccccc2)cc1. The van der Waals surface area contributed by atoms with E-state index in [0.717, 1.165) is 11.1 Å². The summed E-state index contributed by atoms with van der Waals surface area (Å²) in [5.74, 6) is -0.563. The first-order valence-electron chi connectivity index (χ1n) is 6.25. The largest absolute Gasteiger partial charge is 0.370 e. The van der Waals surface area contributed by atoms with Crippen LogP contribution in [0.25, 0.3) is 11.1 Å². The van der Waals surface area contributed by atoms with Crippen LogP contribution in [0, 0.1) is 0 Å². The summed E-state index contributed by atoms with van der Waals surface area (Å²) in [6.45, 7) is 1.83. The number of carbonyl (C=O) groups is 1. The molecule has 0 aliphatic carbocycles. The maximum absolute atomic E-state index is 11.6. The van der Waals surface area contributed by atoms with Gasteiger partial charge < -0.3 is 4.84 Å². The van der Waals surface area contributed by atoms with E-state index in [0.29, 0.717) is 0 Å². The van der Waals surface area contributed by atoms with Gasteiger partial charge in [0.2, 0.25) is 0 Å². The molecule has 0 bridgehead atoms. The Kier molecular flexibility index (Phi) is 4.31. The van der Waals surface area contributed by atoms with E-state index in [2.05, 4.69) is 17.6 Å². The summed E-state index contributed by atoms with van der Waals surface area (Å²) in [4.78, 5) is 16.4. The lowest BCUT2D eigenvalue weighted by molar-refractivity contribution is -0.151. The van der Waals surface area contributed by atoms with Gasteiger partial charge in [-0.3, -0.25) is 0 Å². The number of rotatable bonds is 4. The van der Waals surface area contributed by atoms with Gasteiger partial charge in [0.25, 0.3) is 0 Å². The van der Waals surface area contributed by atoms with Gasteiger partial charge in [-0.05, 0) is 23.6 Å². The molecule has 0 heterocycles. The van der Waals surface area contributed by atoms with Crippen LogP contribution in [0.15, 0.2) is 54.6 Å². The predicted molar refractivity (Wildman–Crippen MR) is 75.4 cm³/mol. The van der Waals surface area contributed by atoms with Crippen molar-refractivity contribution in [3.63, 3.8) is 0 Å². The molecule has 1 N–H and O–H groups in total. The minimum Gasteiger partial charge on any atom is -0.370 e. The fraction of sp³-hybridized carbons (Fsp3) is 0.188. The van der Waals surface area contributed by atoms with Crippen molar-refractivity contribution in [2.75, 3.05) is 7.05 Å². The predicted octanol–water partition coefficient (Wildman–Crippen LogP) is 3.13. The topological polar surface area (TPSA) is 38.3 Å². The fourth-order valence-corrected chi connectivity index (χ4v) is 1.92. The average molecular weight is 255 g/mol. The molecule has 0 saturated carbocycles. The molecule has 3 nitrogen and oxygen atoms in total. The van der Waals surface area contributed by atoms with Crippen LogP contribution in [0.1, 0.15) is 18.4 Å². The van der Waals surface area contributed by atoms with Gasteiger partial charge in [-0.1, -0.05) is 54.6 Å². The van der Waals surface area contributed by atoms with Crippen LogP contribution in [0.3, 0.4) is 0 Å². The third-order valence-corrected chi connectivity index (χ3v) is 3.07. The Labute approximate surface area is 113 Å². The molecule has 2 aromatic carbocycles. The van der Waals surface area contributed by atoms with Crippen LogP contribution in [0.5, 0.6) is 0 Å². The zero-order chi connectivity index (χ0) is 13.7. The van der Waals surface area contributed by atoms with Crippen molar-refractivity contribution in [2.24, 2.45) is 0 Å². The highest BCUT2D eigenvalue weighted by Gasteiger charge is 2.16. The minimum atomic E-state index is -0.282. The van der Waals surface area contributed by atoms with Gasteiger partial charge in [-0.25, -0.2) is 4.79 Å². The van der Waals surface area contributed by atoms with Crippen LogP contribution < -0.4 is 5.48 Å². The smallest absolute Gasteiger partial charge is 0.331 e. The third-order valence-electron chi connectivity index (χ3n) is 3.07. The molecule has 2 rings (SSSR count). The van der Waals surface area contributed by atoms with Crippen LogP contribution in [0.4, 0.5) is 0 Å². The lowest BCUT2D eigenvalue weighted by Crippen LogP contribution is -2.20. The van der Waals surface area contributed by atoms with Crippen molar-refractivity contribution in [3.05, 3.63) is 60.2 Å². The highest BCUT2D eigenvalue weighted by Crippen LogP contribution is 2.23. The van der Waals surface area contributed by atoms with Crippen molar-refractivity contribution in [1.82, 2.24) is 5.48 Å². The first-order valence-corrected chi connectivity index (χ1v) is 6.25. The summed E-state index contributed by atoms with van der Waals surface area (Å²) < 4.78 is 0. The standard InChI is InChI=1S/C16H17NO2/c1-12(16(18)19-17-2)13-8-10-15(11-9-13)14-6-4-3-5-7-14/h3-12,17H,1-2H3. The first kappa shape index (κ1) is 13.3. The second-order valence-corrected chi connectivity index (χ2v) is 4.33. The van der Waals surface area contributed by atoms with E-state index in [-0.39, 0.29) is 11.9 Å². The lowest BCUT2D eigenvalue weighted by atomic mass is 9.98. The molecule has 0 radical (unpaired) electrons. The number of nitrogens with one attached hydrogen (secondary N) is 1. The number of hydrogen-bond acceptors (Lipinski definition) is 3. The molecular formula is C16H17NO2.